The van der Waals surface area contributed by atoms with Gasteiger partial charge in [0.1, 0.15) is 18.8 Å². The van der Waals surface area contributed by atoms with Crippen molar-refractivity contribution in [3.63, 3.8) is 0 Å². The number of sulfonamides is 1. The van der Waals surface area contributed by atoms with Crippen molar-refractivity contribution in [1.82, 2.24) is 14.6 Å². The summed E-state index contributed by atoms with van der Waals surface area (Å²) in [6, 6.07) is 6.98. The van der Waals surface area contributed by atoms with Crippen molar-refractivity contribution in [2.75, 3.05) is 26.9 Å². The number of aryl methyl sites for hydroxylation is 1. The van der Waals surface area contributed by atoms with Gasteiger partial charge in [0, 0.05) is 37.3 Å². The number of carbonyl (C=O) groups is 3. The molecule has 3 fully saturated rings. The number of amides is 3. The van der Waals surface area contributed by atoms with Crippen molar-refractivity contribution in [3.05, 3.63) is 42.0 Å². The van der Waals surface area contributed by atoms with Crippen LogP contribution in [0.3, 0.4) is 0 Å². The van der Waals surface area contributed by atoms with E-state index in [1.54, 1.807) is 18.9 Å². The number of fused-ring (bicyclic) bond motifs is 1. The van der Waals surface area contributed by atoms with Crippen LogP contribution < -0.4 is 19.9 Å². The molecule has 5 rings (SSSR count). The Balaban J connectivity index is 1.09. The number of hydrogen-bond donors (Lipinski definition) is 2. The Morgan fingerprint density at radius 1 is 1.14 bits per heavy atom. The Hall–Kier alpha value is -3.71. The largest absolute Gasteiger partial charge is 0.475 e. The molecule has 1 saturated heterocycles. The first-order valence-electron chi connectivity index (χ1n) is 17.7. The minimum absolute atomic E-state index is 0.0762. The van der Waals surface area contributed by atoms with E-state index in [4.69, 9.17) is 19.9 Å². The zero-order chi connectivity index (χ0) is 36.2. The van der Waals surface area contributed by atoms with Crippen molar-refractivity contribution in [3.8, 4) is 11.8 Å². The summed E-state index contributed by atoms with van der Waals surface area (Å²) in [5, 5.41) is 1.76. The van der Waals surface area contributed by atoms with Crippen molar-refractivity contribution in [2.24, 2.45) is 29.4 Å². The Labute approximate surface area is 295 Å². The topological polar surface area (TPSA) is 167 Å². The number of ether oxygens (including phenoxy) is 3. The zero-order valence-corrected chi connectivity index (χ0v) is 30.7. The number of methoxy groups -OCH3 is 1. The molecule has 50 heavy (non-hydrogen) atoms. The number of carbonyl (C=O) groups excluding carboxylic acids is 3. The Bertz CT molecular complexity index is 1710. The molecule has 3 aliphatic rings. The van der Waals surface area contributed by atoms with Crippen molar-refractivity contribution in [1.29, 1.82) is 0 Å². The van der Waals surface area contributed by atoms with Crippen LogP contribution >= 0.6 is 0 Å². The first-order valence-corrected chi connectivity index (χ1v) is 19.2. The van der Waals surface area contributed by atoms with Gasteiger partial charge in [-0.05, 0) is 87.1 Å². The lowest BCUT2D eigenvalue weighted by molar-refractivity contribution is -0.138. The summed E-state index contributed by atoms with van der Waals surface area (Å²) in [5.74, 6) is -0.0451. The molecule has 3 N–H and O–H groups in total. The van der Waals surface area contributed by atoms with Crippen LogP contribution in [0.5, 0.6) is 11.8 Å². The average Bonchev–Trinajstić information content (AvgIpc) is 3.96. The van der Waals surface area contributed by atoms with Crippen molar-refractivity contribution < 1.29 is 37.0 Å². The van der Waals surface area contributed by atoms with Crippen LogP contribution in [0.2, 0.25) is 0 Å². The summed E-state index contributed by atoms with van der Waals surface area (Å²) < 4.78 is 43.4. The lowest BCUT2D eigenvalue weighted by Crippen LogP contribution is -2.44. The van der Waals surface area contributed by atoms with Gasteiger partial charge >= 0.3 is 0 Å². The van der Waals surface area contributed by atoms with Gasteiger partial charge in [0.2, 0.25) is 39.5 Å². The van der Waals surface area contributed by atoms with Gasteiger partial charge in [0.05, 0.1) is 17.9 Å². The quantitative estimate of drug-likeness (QED) is 0.168. The van der Waals surface area contributed by atoms with Gasteiger partial charge in [0.15, 0.2) is 0 Å². The molecule has 2 heterocycles. The first-order chi connectivity index (χ1) is 23.7. The van der Waals surface area contributed by atoms with Gasteiger partial charge in [0.25, 0.3) is 0 Å². The first kappa shape index (κ1) is 37.5. The summed E-state index contributed by atoms with van der Waals surface area (Å²) in [7, 11) is -2.00. The van der Waals surface area contributed by atoms with Gasteiger partial charge in [-0.2, -0.15) is 4.98 Å². The molecule has 1 aliphatic heterocycles. The number of nitrogens with one attached hydrogen (secondary N) is 1. The van der Waals surface area contributed by atoms with E-state index in [-0.39, 0.29) is 36.6 Å². The maximum Gasteiger partial charge on any atom is 0.240 e. The lowest BCUT2D eigenvalue weighted by atomic mass is 9.91. The van der Waals surface area contributed by atoms with Gasteiger partial charge in [-0.15, -0.1) is 0 Å². The maximum absolute atomic E-state index is 13.5. The van der Waals surface area contributed by atoms with Crippen LogP contribution in [0.25, 0.3) is 10.8 Å². The second-order valence-electron chi connectivity index (χ2n) is 14.8. The Morgan fingerprint density at radius 2 is 1.90 bits per heavy atom. The molecule has 0 spiro atoms. The monoisotopic (exact) mass is 712 g/mol. The average molecular weight is 713 g/mol. The Morgan fingerprint density at radius 3 is 2.60 bits per heavy atom. The van der Waals surface area contributed by atoms with E-state index in [0.717, 1.165) is 35.6 Å². The molecular formula is C37H52N4O8S. The van der Waals surface area contributed by atoms with E-state index >= 15 is 0 Å². The van der Waals surface area contributed by atoms with Gasteiger partial charge in [-0.25, -0.2) is 8.42 Å². The second-order valence-corrected chi connectivity index (χ2v) is 17.0. The van der Waals surface area contributed by atoms with Crippen molar-refractivity contribution >= 4 is 38.5 Å². The fraction of sp³-hybridized carbons (Fsp3) is 0.622. The number of aromatic nitrogens is 1. The van der Waals surface area contributed by atoms with E-state index in [1.807, 2.05) is 44.2 Å². The molecule has 3 amide bonds. The highest BCUT2D eigenvalue weighted by molar-refractivity contribution is 7.91. The third-order valence-electron chi connectivity index (χ3n) is 10.3. The van der Waals surface area contributed by atoms with Crippen LogP contribution in [0.1, 0.15) is 77.7 Å². The number of allylic oxidation sites excluding steroid dienone is 2. The molecule has 1 aromatic heterocycles. The number of benzene rings is 1. The van der Waals surface area contributed by atoms with E-state index in [9.17, 15) is 22.8 Å². The molecule has 6 unspecified atom stereocenters. The highest BCUT2D eigenvalue weighted by Gasteiger charge is 2.52. The van der Waals surface area contributed by atoms with E-state index in [2.05, 4.69) is 22.7 Å². The SMILES string of the molecule is COCCOc1cc2c(C)cccc2c(OC2CC(C(N)=O)N(C(=O)CC(C)CC(C)CC/C=C\C3CC3C(=O)NS(=O)(=O)C3(C)CC3)C2)n1. The van der Waals surface area contributed by atoms with Crippen LogP contribution in [-0.4, -0.2) is 79.8 Å². The molecule has 0 bridgehead atoms. The minimum Gasteiger partial charge on any atom is -0.475 e. The molecule has 6 atom stereocenters. The van der Waals surface area contributed by atoms with E-state index in [1.165, 1.54) is 0 Å². The molecule has 274 valence electrons. The molecule has 2 aliphatic carbocycles. The van der Waals surface area contributed by atoms with Crippen LogP contribution in [0, 0.1) is 30.6 Å². The number of primary amides is 1. The normalized spacial score (nSPS) is 23.8. The highest BCUT2D eigenvalue weighted by Crippen LogP contribution is 2.44. The van der Waals surface area contributed by atoms with Crippen LogP contribution in [0.15, 0.2) is 36.4 Å². The molecular weight excluding hydrogens is 660 g/mol. The predicted molar refractivity (Wildman–Crippen MR) is 190 cm³/mol. The van der Waals surface area contributed by atoms with Gasteiger partial charge < -0.3 is 24.8 Å². The molecule has 2 saturated carbocycles. The molecule has 13 heteroatoms. The number of rotatable bonds is 18. The molecule has 0 radical (unpaired) electrons. The fourth-order valence-corrected chi connectivity index (χ4v) is 8.12. The number of nitrogens with two attached hydrogens (primary N) is 1. The second kappa shape index (κ2) is 15.7. The fourth-order valence-electron chi connectivity index (χ4n) is 6.81. The summed E-state index contributed by atoms with van der Waals surface area (Å²) in [6.07, 6.45) is 8.64. The third kappa shape index (κ3) is 9.14. The standard InChI is InChI=1S/C37H52N4O8S/c1-23(9-6-7-11-26-19-30(26)35(44)40-50(45,46)37(4)13-14-37)17-24(2)18-33(42)41-22-27(20-31(41)34(38)43)49-36-28-12-8-10-25(3)29(28)21-32(39-36)48-16-15-47-5/h7-8,10-12,21,23-24,26-27,30-31H,6,9,13-20,22H2,1-5H3,(H2,38,43)(H,40,44)/b11-7-. The molecule has 2 aromatic rings. The zero-order valence-electron chi connectivity index (χ0n) is 29.9. The van der Waals surface area contributed by atoms with Crippen molar-refractivity contribution in [2.45, 2.75) is 96.0 Å². The minimum atomic E-state index is -3.60. The number of nitrogens with zero attached hydrogens (tertiary/aromatic N) is 2. The molecule has 12 nitrogen and oxygen atoms in total. The lowest BCUT2D eigenvalue weighted by Gasteiger charge is -2.24. The summed E-state index contributed by atoms with van der Waals surface area (Å²) in [6.45, 7) is 8.85. The number of hydrogen-bond acceptors (Lipinski definition) is 9. The smallest absolute Gasteiger partial charge is 0.240 e. The van der Waals surface area contributed by atoms with E-state index < -0.39 is 38.7 Å². The third-order valence-corrected chi connectivity index (χ3v) is 12.5. The predicted octanol–water partition coefficient (Wildman–Crippen LogP) is 4.43. The van der Waals surface area contributed by atoms with E-state index in [0.29, 0.717) is 56.6 Å². The maximum atomic E-state index is 13.5. The Kier molecular flexibility index (Phi) is 11.8. The van der Waals surface area contributed by atoms with Crippen LogP contribution in [0.4, 0.5) is 0 Å². The number of likely N-dealkylation sites (tertiary alicyclic amines) is 1. The van der Waals surface area contributed by atoms with Gasteiger partial charge in [-0.3, -0.25) is 19.1 Å². The number of pyridine rings is 1. The van der Waals surface area contributed by atoms with Crippen LogP contribution in [-0.2, 0) is 29.1 Å². The summed E-state index contributed by atoms with van der Waals surface area (Å²) in [4.78, 5) is 44.6. The summed E-state index contributed by atoms with van der Waals surface area (Å²) >= 11 is 0. The molecule has 1 aromatic carbocycles. The van der Waals surface area contributed by atoms with Gasteiger partial charge in [-0.1, -0.05) is 38.1 Å². The highest BCUT2D eigenvalue weighted by atomic mass is 32.2. The summed E-state index contributed by atoms with van der Waals surface area (Å²) in [5.41, 5.74) is 6.81.